The van der Waals surface area contributed by atoms with Crippen LogP contribution in [0.5, 0.6) is 0 Å². The van der Waals surface area contributed by atoms with Crippen molar-refractivity contribution < 1.29 is 22.6 Å². The van der Waals surface area contributed by atoms with Gasteiger partial charge in [-0.15, -0.1) is 0 Å². The van der Waals surface area contributed by atoms with Crippen molar-refractivity contribution in [1.82, 2.24) is 14.5 Å². The third kappa shape index (κ3) is 9.70. The summed E-state index contributed by atoms with van der Waals surface area (Å²) in [6.07, 6.45) is 0.0365. The van der Waals surface area contributed by atoms with E-state index in [1.807, 2.05) is 20.8 Å². The van der Waals surface area contributed by atoms with Gasteiger partial charge in [-0.1, -0.05) is 0 Å². The van der Waals surface area contributed by atoms with Gasteiger partial charge in [0.1, 0.15) is 0 Å². The van der Waals surface area contributed by atoms with Gasteiger partial charge < -0.3 is 24.4 Å². The van der Waals surface area contributed by atoms with Gasteiger partial charge in [-0.3, -0.25) is 4.99 Å². The van der Waals surface area contributed by atoms with Crippen LogP contribution in [-0.4, -0.2) is 108 Å². The molecular formula is C17H36N4O5S. The van der Waals surface area contributed by atoms with E-state index in [-0.39, 0.29) is 18.5 Å². The highest BCUT2D eigenvalue weighted by atomic mass is 32.2. The van der Waals surface area contributed by atoms with Crippen molar-refractivity contribution in [2.24, 2.45) is 4.99 Å². The smallest absolute Gasteiger partial charge is 0.216 e. The Hall–Kier alpha value is -0.940. The van der Waals surface area contributed by atoms with Gasteiger partial charge in [0.05, 0.1) is 44.8 Å². The molecule has 0 aromatic carbocycles. The van der Waals surface area contributed by atoms with Crippen LogP contribution in [0, 0.1) is 0 Å². The van der Waals surface area contributed by atoms with Crippen LogP contribution in [-0.2, 0) is 24.2 Å². The van der Waals surface area contributed by atoms with E-state index in [2.05, 4.69) is 15.2 Å². The Morgan fingerprint density at radius 3 is 2.41 bits per heavy atom. The summed E-state index contributed by atoms with van der Waals surface area (Å²) in [6, 6.07) is 0. The van der Waals surface area contributed by atoms with Crippen molar-refractivity contribution in [3.05, 3.63) is 0 Å². The zero-order valence-electron chi connectivity index (χ0n) is 17.1. The van der Waals surface area contributed by atoms with E-state index in [9.17, 15) is 8.42 Å². The standard InChI is InChI=1S/C17H36N4O5S/c1-5-18-17(19-6-11-25-13-12-24-4)20-7-9-21(10-8-20)27(22,23)15-14-26-16(2)3/h16H,5-15H2,1-4H3,(H,18,19). The van der Waals surface area contributed by atoms with Crippen LogP contribution in [0.15, 0.2) is 4.99 Å². The van der Waals surface area contributed by atoms with E-state index < -0.39 is 10.0 Å². The van der Waals surface area contributed by atoms with Crippen LogP contribution in [0.1, 0.15) is 20.8 Å². The quantitative estimate of drug-likeness (QED) is 0.276. The average Bonchev–Trinajstić information content (AvgIpc) is 2.63. The van der Waals surface area contributed by atoms with Gasteiger partial charge >= 0.3 is 0 Å². The molecule has 1 saturated heterocycles. The Labute approximate surface area is 164 Å². The molecule has 0 atom stereocenters. The lowest BCUT2D eigenvalue weighted by atomic mass is 10.4. The topological polar surface area (TPSA) is 92.7 Å². The molecule has 10 heteroatoms. The summed E-state index contributed by atoms with van der Waals surface area (Å²) >= 11 is 0. The van der Waals surface area contributed by atoms with Crippen molar-refractivity contribution in [2.75, 3.05) is 78.6 Å². The fourth-order valence-corrected chi connectivity index (χ4v) is 3.87. The second kappa shape index (κ2) is 13.3. The predicted molar refractivity (Wildman–Crippen MR) is 107 cm³/mol. The van der Waals surface area contributed by atoms with Gasteiger partial charge in [-0.25, -0.2) is 8.42 Å². The number of rotatable bonds is 12. The summed E-state index contributed by atoms with van der Waals surface area (Å²) in [5.41, 5.74) is 0. The SMILES string of the molecule is CCNC(=NCCOCCOC)N1CCN(S(=O)(=O)CCOC(C)C)CC1. The molecule has 0 spiro atoms. The first-order valence-electron chi connectivity index (χ1n) is 9.60. The number of methoxy groups -OCH3 is 1. The molecule has 9 nitrogen and oxygen atoms in total. The Morgan fingerprint density at radius 1 is 1.11 bits per heavy atom. The van der Waals surface area contributed by atoms with Crippen LogP contribution in [0.4, 0.5) is 0 Å². The maximum Gasteiger partial charge on any atom is 0.216 e. The molecule has 0 amide bonds. The van der Waals surface area contributed by atoms with Gasteiger partial charge in [-0.05, 0) is 20.8 Å². The highest BCUT2D eigenvalue weighted by Gasteiger charge is 2.27. The molecule has 0 bridgehead atoms. The molecule has 0 aliphatic carbocycles. The fraction of sp³-hybridized carbons (Fsp3) is 0.941. The zero-order valence-corrected chi connectivity index (χ0v) is 18.0. The maximum atomic E-state index is 12.4. The molecule has 0 radical (unpaired) electrons. The van der Waals surface area contributed by atoms with Gasteiger partial charge in [0.25, 0.3) is 0 Å². The number of nitrogens with one attached hydrogen (secondary N) is 1. The Balaban J connectivity index is 2.46. The number of guanidine groups is 1. The number of nitrogens with zero attached hydrogens (tertiary/aromatic N) is 3. The van der Waals surface area contributed by atoms with Gasteiger partial charge in [0, 0.05) is 39.8 Å². The molecular weight excluding hydrogens is 372 g/mol. The Kier molecular flexibility index (Phi) is 11.8. The van der Waals surface area contributed by atoms with Gasteiger partial charge in [0.2, 0.25) is 10.0 Å². The second-order valence-corrected chi connectivity index (χ2v) is 8.55. The molecule has 1 aliphatic heterocycles. The van der Waals surface area contributed by atoms with Gasteiger partial charge in [-0.2, -0.15) is 4.31 Å². The highest BCUT2D eigenvalue weighted by molar-refractivity contribution is 7.89. The minimum absolute atomic E-state index is 0.0259. The summed E-state index contributed by atoms with van der Waals surface area (Å²) in [5, 5.41) is 3.26. The molecule has 160 valence electrons. The lowest BCUT2D eigenvalue weighted by Crippen LogP contribution is -2.54. The van der Waals surface area contributed by atoms with Crippen molar-refractivity contribution in [3.8, 4) is 0 Å². The zero-order chi connectivity index (χ0) is 20.1. The first kappa shape index (κ1) is 24.1. The first-order valence-corrected chi connectivity index (χ1v) is 11.2. The number of sulfonamides is 1. The molecule has 0 saturated carbocycles. The highest BCUT2D eigenvalue weighted by Crippen LogP contribution is 2.09. The minimum Gasteiger partial charge on any atom is -0.382 e. The number of piperazine rings is 1. The lowest BCUT2D eigenvalue weighted by molar-refractivity contribution is 0.0747. The molecule has 1 heterocycles. The van der Waals surface area contributed by atoms with Crippen molar-refractivity contribution in [1.29, 1.82) is 0 Å². The molecule has 0 aromatic heterocycles. The van der Waals surface area contributed by atoms with Crippen molar-refractivity contribution in [3.63, 3.8) is 0 Å². The Bertz CT molecular complexity index is 519. The monoisotopic (exact) mass is 408 g/mol. The molecule has 1 aliphatic rings. The largest absolute Gasteiger partial charge is 0.382 e. The maximum absolute atomic E-state index is 12.4. The van der Waals surface area contributed by atoms with Gasteiger partial charge in [0.15, 0.2) is 5.96 Å². The normalized spacial score (nSPS) is 16.9. The van der Waals surface area contributed by atoms with Crippen molar-refractivity contribution in [2.45, 2.75) is 26.9 Å². The molecule has 1 rings (SSSR count). The fourth-order valence-electron chi connectivity index (χ4n) is 2.58. The molecule has 27 heavy (non-hydrogen) atoms. The average molecular weight is 409 g/mol. The van der Waals surface area contributed by atoms with Crippen LogP contribution in [0.25, 0.3) is 0 Å². The van der Waals surface area contributed by atoms with Crippen LogP contribution < -0.4 is 5.32 Å². The number of ether oxygens (including phenoxy) is 3. The van der Waals surface area contributed by atoms with Crippen LogP contribution in [0.3, 0.4) is 0 Å². The van der Waals surface area contributed by atoms with E-state index in [0.717, 1.165) is 12.5 Å². The van der Waals surface area contributed by atoms with E-state index >= 15 is 0 Å². The molecule has 1 N–H and O–H groups in total. The number of hydrogen-bond acceptors (Lipinski definition) is 6. The van der Waals surface area contributed by atoms with E-state index in [0.29, 0.717) is 52.5 Å². The molecule has 0 aromatic rings. The van der Waals surface area contributed by atoms with Crippen LogP contribution in [0.2, 0.25) is 0 Å². The lowest BCUT2D eigenvalue weighted by Gasteiger charge is -2.35. The number of aliphatic imine (C=N–C) groups is 1. The second-order valence-electron chi connectivity index (χ2n) is 6.46. The summed E-state index contributed by atoms with van der Waals surface area (Å²) in [4.78, 5) is 6.66. The summed E-state index contributed by atoms with van der Waals surface area (Å²) in [5.74, 6) is 0.825. The predicted octanol–water partition coefficient (Wildman–Crippen LogP) is -0.0127. The molecule has 1 fully saturated rings. The van der Waals surface area contributed by atoms with Crippen LogP contribution >= 0.6 is 0 Å². The minimum atomic E-state index is -3.28. The molecule has 0 unspecified atom stereocenters. The third-order valence-corrected chi connectivity index (χ3v) is 5.82. The number of hydrogen-bond donors (Lipinski definition) is 1. The first-order chi connectivity index (χ1) is 12.9. The van der Waals surface area contributed by atoms with E-state index in [4.69, 9.17) is 14.2 Å². The van der Waals surface area contributed by atoms with E-state index in [1.54, 1.807) is 11.4 Å². The Morgan fingerprint density at radius 2 is 1.81 bits per heavy atom. The summed E-state index contributed by atoms with van der Waals surface area (Å²) in [6.45, 7) is 11.1. The van der Waals surface area contributed by atoms with E-state index in [1.165, 1.54) is 0 Å². The summed E-state index contributed by atoms with van der Waals surface area (Å²) < 4.78 is 42.1. The third-order valence-electron chi connectivity index (χ3n) is 3.99. The van der Waals surface area contributed by atoms with Crippen molar-refractivity contribution >= 4 is 16.0 Å². The summed E-state index contributed by atoms with van der Waals surface area (Å²) in [7, 11) is -1.64.